The van der Waals surface area contributed by atoms with Crippen LogP contribution in [0.1, 0.15) is 25.3 Å². The number of aryl methyl sites for hydroxylation is 1. The van der Waals surface area contributed by atoms with Gasteiger partial charge in [0.2, 0.25) is 10.0 Å². The third-order valence-electron chi connectivity index (χ3n) is 4.15. The molecular formula is C15H25N3O2S. The van der Waals surface area contributed by atoms with Crippen molar-refractivity contribution in [2.24, 2.45) is 0 Å². The average Bonchev–Trinajstić information content (AvgIpc) is 2.50. The first-order valence-corrected chi connectivity index (χ1v) is 8.97. The SMILES string of the molecule is CCN1CCC(Nc2ccc(C)c(S(=O)(=O)NC)c2)CC1. The molecule has 0 aromatic heterocycles. The molecular weight excluding hydrogens is 286 g/mol. The van der Waals surface area contributed by atoms with E-state index >= 15 is 0 Å². The van der Waals surface area contributed by atoms with Gasteiger partial charge in [-0.2, -0.15) is 0 Å². The second-order valence-electron chi connectivity index (χ2n) is 5.54. The summed E-state index contributed by atoms with van der Waals surface area (Å²) in [4.78, 5) is 2.78. The lowest BCUT2D eigenvalue weighted by atomic mass is 10.0. The number of hydrogen-bond donors (Lipinski definition) is 2. The lowest BCUT2D eigenvalue weighted by Gasteiger charge is -2.32. The van der Waals surface area contributed by atoms with Gasteiger partial charge in [-0.1, -0.05) is 13.0 Å². The summed E-state index contributed by atoms with van der Waals surface area (Å²) in [5, 5.41) is 3.47. The molecule has 0 spiro atoms. The average molecular weight is 311 g/mol. The first-order valence-electron chi connectivity index (χ1n) is 7.49. The molecule has 118 valence electrons. The summed E-state index contributed by atoms with van der Waals surface area (Å²) >= 11 is 0. The van der Waals surface area contributed by atoms with Gasteiger partial charge in [0.05, 0.1) is 4.90 Å². The molecule has 1 aromatic rings. The maximum Gasteiger partial charge on any atom is 0.240 e. The second kappa shape index (κ2) is 6.77. The van der Waals surface area contributed by atoms with Crippen LogP contribution < -0.4 is 10.0 Å². The third kappa shape index (κ3) is 3.96. The number of rotatable bonds is 5. The number of nitrogens with one attached hydrogen (secondary N) is 2. The number of anilines is 1. The van der Waals surface area contributed by atoms with Crippen molar-refractivity contribution < 1.29 is 8.42 Å². The quantitative estimate of drug-likeness (QED) is 0.870. The summed E-state index contributed by atoms with van der Waals surface area (Å²) in [6.07, 6.45) is 2.19. The number of likely N-dealkylation sites (tertiary alicyclic amines) is 1. The van der Waals surface area contributed by atoms with Crippen LogP contribution in [-0.2, 0) is 10.0 Å². The summed E-state index contributed by atoms with van der Waals surface area (Å²) in [6.45, 7) is 7.29. The van der Waals surface area contributed by atoms with Crippen LogP contribution in [0, 0.1) is 6.92 Å². The van der Waals surface area contributed by atoms with Crippen molar-refractivity contribution in [3.05, 3.63) is 23.8 Å². The zero-order valence-corrected chi connectivity index (χ0v) is 13.8. The zero-order valence-electron chi connectivity index (χ0n) is 13.0. The Hall–Kier alpha value is -1.11. The minimum Gasteiger partial charge on any atom is -0.382 e. The molecule has 1 saturated heterocycles. The molecule has 2 N–H and O–H groups in total. The molecule has 0 bridgehead atoms. The molecule has 1 aliphatic heterocycles. The summed E-state index contributed by atoms with van der Waals surface area (Å²) < 4.78 is 26.4. The van der Waals surface area contributed by atoms with Crippen molar-refractivity contribution in [1.29, 1.82) is 0 Å². The number of sulfonamides is 1. The normalized spacial score (nSPS) is 17.9. The van der Waals surface area contributed by atoms with E-state index in [9.17, 15) is 8.42 Å². The van der Waals surface area contributed by atoms with Crippen molar-refractivity contribution in [3.63, 3.8) is 0 Å². The van der Waals surface area contributed by atoms with Crippen LogP contribution in [0.4, 0.5) is 5.69 Å². The molecule has 6 heteroatoms. The Kier molecular flexibility index (Phi) is 5.24. The summed E-state index contributed by atoms with van der Waals surface area (Å²) in [6, 6.07) is 5.96. The van der Waals surface area contributed by atoms with Crippen molar-refractivity contribution in [2.45, 2.75) is 37.6 Å². The Morgan fingerprint density at radius 1 is 1.29 bits per heavy atom. The van der Waals surface area contributed by atoms with Crippen LogP contribution in [0.5, 0.6) is 0 Å². The van der Waals surface area contributed by atoms with Crippen LogP contribution in [0.2, 0.25) is 0 Å². The molecule has 0 amide bonds. The number of benzene rings is 1. The highest BCUT2D eigenvalue weighted by Crippen LogP contribution is 2.22. The van der Waals surface area contributed by atoms with Gasteiger partial charge in [-0.3, -0.25) is 0 Å². The van der Waals surface area contributed by atoms with Gasteiger partial charge >= 0.3 is 0 Å². The number of piperidine rings is 1. The van der Waals surface area contributed by atoms with E-state index in [0.29, 0.717) is 10.9 Å². The van der Waals surface area contributed by atoms with E-state index in [1.54, 1.807) is 6.07 Å². The van der Waals surface area contributed by atoms with Gasteiger partial charge in [0, 0.05) is 24.8 Å². The van der Waals surface area contributed by atoms with Crippen LogP contribution in [-0.4, -0.2) is 46.0 Å². The molecule has 5 nitrogen and oxygen atoms in total. The van der Waals surface area contributed by atoms with Crippen molar-refractivity contribution in [1.82, 2.24) is 9.62 Å². The molecule has 21 heavy (non-hydrogen) atoms. The first-order chi connectivity index (χ1) is 9.96. The van der Waals surface area contributed by atoms with Crippen LogP contribution in [0.25, 0.3) is 0 Å². The predicted octanol–water partition coefficient (Wildman–Crippen LogP) is 1.80. The largest absolute Gasteiger partial charge is 0.382 e. The van der Waals surface area contributed by atoms with Crippen molar-refractivity contribution in [3.8, 4) is 0 Å². The number of hydrogen-bond acceptors (Lipinski definition) is 4. The van der Waals surface area contributed by atoms with E-state index in [1.165, 1.54) is 7.05 Å². The van der Waals surface area contributed by atoms with E-state index in [2.05, 4.69) is 21.9 Å². The van der Waals surface area contributed by atoms with Gasteiger partial charge in [-0.15, -0.1) is 0 Å². The lowest BCUT2D eigenvalue weighted by molar-refractivity contribution is 0.229. The van der Waals surface area contributed by atoms with E-state index < -0.39 is 10.0 Å². The second-order valence-corrected chi connectivity index (χ2v) is 7.40. The highest BCUT2D eigenvalue weighted by molar-refractivity contribution is 7.89. The Morgan fingerprint density at radius 2 is 1.95 bits per heavy atom. The lowest BCUT2D eigenvalue weighted by Crippen LogP contribution is -2.38. The Labute approximate surface area is 127 Å². The molecule has 0 aliphatic carbocycles. The smallest absolute Gasteiger partial charge is 0.240 e. The molecule has 0 saturated carbocycles. The minimum atomic E-state index is -3.40. The summed E-state index contributed by atoms with van der Waals surface area (Å²) in [7, 11) is -1.96. The van der Waals surface area contributed by atoms with Crippen LogP contribution >= 0.6 is 0 Å². The molecule has 1 fully saturated rings. The van der Waals surface area contributed by atoms with E-state index in [4.69, 9.17) is 0 Å². The van der Waals surface area contributed by atoms with Gasteiger partial charge < -0.3 is 10.2 Å². The van der Waals surface area contributed by atoms with Crippen LogP contribution in [0.3, 0.4) is 0 Å². The molecule has 0 unspecified atom stereocenters. The van der Waals surface area contributed by atoms with Crippen molar-refractivity contribution in [2.75, 3.05) is 32.0 Å². The highest BCUT2D eigenvalue weighted by atomic mass is 32.2. The van der Waals surface area contributed by atoms with Gasteiger partial charge in [0.15, 0.2) is 0 Å². The topological polar surface area (TPSA) is 61.4 Å². The molecule has 0 atom stereocenters. The monoisotopic (exact) mass is 311 g/mol. The standard InChI is InChI=1S/C15H25N3O2S/c1-4-18-9-7-13(8-10-18)17-14-6-5-12(2)15(11-14)21(19,20)16-3/h5-6,11,13,16-17H,4,7-10H2,1-3H3. The molecule has 0 radical (unpaired) electrons. The molecule has 1 aromatic carbocycles. The molecule has 1 heterocycles. The Balaban J connectivity index is 2.10. The fraction of sp³-hybridized carbons (Fsp3) is 0.600. The fourth-order valence-corrected chi connectivity index (χ4v) is 3.71. The van der Waals surface area contributed by atoms with E-state index in [0.717, 1.165) is 43.7 Å². The van der Waals surface area contributed by atoms with Gasteiger partial charge in [0.1, 0.15) is 0 Å². The fourth-order valence-electron chi connectivity index (χ4n) is 2.72. The minimum absolute atomic E-state index is 0.348. The Morgan fingerprint density at radius 3 is 2.52 bits per heavy atom. The Bertz CT molecular complexity index is 579. The van der Waals surface area contributed by atoms with E-state index in [1.807, 2.05) is 19.1 Å². The van der Waals surface area contributed by atoms with Gasteiger partial charge in [-0.25, -0.2) is 13.1 Å². The third-order valence-corrected chi connectivity index (χ3v) is 5.71. The molecule has 1 aliphatic rings. The highest BCUT2D eigenvalue weighted by Gasteiger charge is 2.19. The molecule has 2 rings (SSSR count). The first kappa shape index (κ1) is 16.3. The van der Waals surface area contributed by atoms with E-state index in [-0.39, 0.29) is 0 Å². The summed E-state index contributed by atoms with van der Waals surface area (Å²) in [5.41, 5.74) is 1.64. The van der Waals surface area contributed by atoms with Crippen LogP contribution in [0.15, 0.2) is 23.1 Å². The van der Waals surface area contributed by atoms with Crippen molar-refractivity contribution >= 4 is 15.7 Å². The maximum absolute atomic E-state index is 12.0. The van der Waals surface area contributed by atoms with Gasteiger partial charge in [-0.05, 0) is 51.1 Å². The number of nitrogens with zero attached hydrogens (tertiary/aromatic N) is 1. The zero-order chi connectivity index (χ0) is 15.5. The summed E-state index contributed by atoms with van der Waals surface area (Å²) in [5.74, 6) is 0. The van der Waals surface area contributed by atoms with Gasteiger partial charge in [0.25, 0.3) is 0 Å². The predicted molar refractivity (Wildman–Crippen MR) is 86.2 cm³/mol. The maximum atomic E-state index is 12.0.